The van der Waals surface area contributed by atoms with Crippen LogP contribution >= 0.6 is 0 Å². The molecule has 0 radical (unpaired) electrons. The van der Waals surface area contributed by atoms with E-state index in [1.165, 1.54) is 25.7 Å². The van der Waals surface area contributed by atoms with Crippen molar-refractivity contribution in [1.82, 2.24) is 19.7 Å². The lowest BCUT2D eigenvalue weighted by atomic mass is 9.92. The second kappa shape index (κ2) is 6.22. The first-order chi connectivity index (χ1) is 11.6. The molecule has 4 rings (SSSR count). The lowest BCUT2D eigenvalue weighted by molar-refractivity contribution is 0.353. The molecule has 130 valence electrons. The van der Waals surface area contributed by atoms with Gasteiger partial charge in [0, 0.05) is 33.2 Å². The van der Waals surface area contributed by atoms with E-state index >= 15 is 0 Å². The fraction of sp³-hybridized carbons (Fsp3) is 0.722. The Morgan fingerprint density at radius 2 is 1.67 bits per heavy atom. The van der Waals surface area contributed by atoms with E-state index in [2.05, 4.69) is 28.7 Å². The van der Waals surface area contributed by atoms with Gasteiger partial charge in [0.25, 0.3) is 0 Å². The van der Waals surface area contributed by atoms with Crippen molar-refractivity contribution in [2.24, 2.45) is 18.9 Å². The molecular formula is C18H28N6. The van der Waals surface area contributed by atoms with Crippen molar-refractivity contribution < 1.29 is 0 Å². The summed E-state index contributed by atoms with van der Waals surface area (Å²) in [6.45, 7) is 8.94. The maximum atomic E-state index is 5.02. The number of fused-ring (bicyclic) bond motifs is 1. The zero-order valence-electron chi connectivity index (χ0n) is 15.1. The first-order valence-electron chi connectivity index (χ1n) is 9.31. The normalized spacial score (nSPS) is 25.5. The fourth-order valence-corrected chi connectivity index (χ4v) is 4.31. The Balaban J connectivity index is 1.77. The lowest BCUT2D eigenvalue weighted by Gasteiger charge is -2.36. The third-order valence-corrected chi connectivity index (χ3v) is 5.37. The minimum absolute atomic E-state index is 0.693. The van der Waals surface area contributed by atoms with E-state index in [-0.39, 0.29) is 0 Å². The quantitative estimate of drug-likeness (QED) is 0.848. The Morgan fingerprint density at radius 1 is 0.958 bits per heavy atom. The third kappa shape index (κ3) is 2.82. The van der Waals surface area contributed by atoms with Crippen LogP contribution in [0.5, 0.6) is 0 Å². The standard InChI is InChI=1S/C18H28N6/c1-13-9-14(2)12-24(11-13)18-20-16-15(10-19-22(16)3)17(21-18)23-7-5-4-6-8-23/h10,13-14H,4-9,11-12H2,1-3H3/t13-,14-/m1/s1. The molecule has 2 aromatic heterocycles. The molecule has 2 fully saturated rings. The van der Waals surface area contributed by atoms with Gasteiger partial charge in [-0.1, -0.05) is 13.8 Å². The summed E-state index contributed by atoms with van der Waals surface area (Å²) in [5.41, 5.74) is 0.950. The van der Waals surface area contributed by atoms with E-state index in [9.17, 15) is 0 Å². The highest BCUT2D eigenvalue weighted by molar-refractivity contribution is 5.88. The maximum Gasteiger partial charge on any atom is 0.229 e. The van der Waals surface area contributed by atoms with Crippen molar-refractivity contribution in [1.29, 1.82) is 0 Å². The van der Waals surface area contributed by atoms with Crippen molar-refractivity contribution in [2.75, 3.05) is 36.0 Å². The minimum Gasteiger partial charge on any atom is -0.356 e. The summed E-state index contributed by atoms with van der Waals surface area (Å²) in [7, 11) is 1.97. The zero-order valence-corrected chi connectivity index (χ0v) is 15.1. The molecule has 6 nitrogen and oxygen atoms in total. The van der Waals surface area contributed by atoms with Crippen LogP contribution < -0.4 is 9.80 Å². The third-order valence-electron chi connectivity index (χ3n) is 5.37. The van der Waals surface area contributed by atoms with E-state index in [0.717, 1.165) is 49.0 Å². The van der Waals surface area contributed by atoms with Gasteiger partial charge in [-0.2, -0.15) is 15.1 Å². The molecule has 0 saturated carbocycles. The number of rotatable bonds is 2. The molecule has 0 amide bonds. The molecule has 2 aliphatic heterocycles. The van der Waals surface area contributed by atoms with Gasteiger partial charge in [0.2, 0.25) is 5.95 Å². The van der Waals surface area contributed by atoms with Gasteiger partial charge >= 0.3 is 0 Å². The van der Waals surface area contributed by atoms with Gasteiger partial charge in [-0.15, -0.1) is 0 Å². The number of piperidine rings is 2. The van der Waals surface area contributed by atoms with Crippen LogP contribution in [0.15, 0.2) is 6.20 Å². The molecule has 6 heteroatoms. The van der Waals surface area contributed by atoms with Gasteiger partial charge in [-0.05, 0) is 37.5 Å². The van der Waals surface area contributed by atoms with E-state index in [4.69, 9.17) is 9.97 Å². The second-order valence-electron chi connectivity index (χ2n) is 7.75. The average Bonchev–Trinajstić information content (AvgIpc) is 2.95. The van der Waals surface area contributed by atoms with Gasteiger partial charge in [0.1, 0.15) is 5.82 Å². The number of hydrogen-bond donors (Lipinski definition) is 0. The van der Waals surface area contributed by atoms with E-state index < -0.39 is 0 Å². The number of nitrogens with zero attached hydrogens (tertiary/aromatic N) is 6. The van der Waals surface area contributed by atoms with Crippen LogP contribution in [0.25, 0.3) is 11.0 Å². The summed E-state index contributed by atoms with van der Waals surface area (Å²) < 4.78 is 1.88. The summed E-state index contributed by atoms with van der Waals surface area (Å²) >= 11 is 0. The molecule has 24 heavy (non-hydrogen) atoms. The van der Waals surface area contributed by atoms with Crippen LogP contribution in [0, 0.1) is 11.8 Å². The molecule has 0 unspecified atom stereocenters. The van der Waals surface area contributed by atoms with Crippen LogP contribution in [-0.4, -0.2) is 45.9 Å². The van der Waals surface area contributed by atoms with Crippen LogP contribution in [0.1, 0.15) is 39.5 Å². The van der Waals surface area contributed by atoms with Gasteiger partial charge in [0.05, 0.1) is 11.6 Å². The number of aryl methyl sites for hydroxylation is 1. The average molecular weight is 328 g/mol. The summed E-state index contributed by atoms with van der Waals surface area (Å²) in [4.78, 5) is 14.7. The van der Waals surface area contributed by atoms with Crippen LogP contribution in [0.3, 0.4) is 0 Å². The molecule has 0 N–H and O–H groups in total. The predicted molar refractivity (Wildman–Crippen MR) is 97.5 cm³/mol. The molecule has 2 saturated heterocycles. The SMILES string of the molecule is C[C@@H]1C[C@@H](C)CN(c2nc(N3CCCCC3)c3cnn(C)c3n2)C1. The van der Waals surface area contributed by atoms with Crippen molar-refractivity contribution in [3.63, 3.8) is 0 Å². The highest BCUT2D eigenvalue weighted by Gasteiger charge is 2.26. The Labute approximate surface area is 143 Å². The Morgan fingerprint density at radius 3 is 2.38 bits per heavy atom. The Bertz CT molecular complexity index is 708. The van der Waals surface area contributed by atoms with Gasteiger partial charge < -0.3 is 9.80 Å². The summed E-state index contributed by atoms with van der Waals surface area (Å²) in [6.07, 6.45) is 7.04. The summed E-state index contributed by atoms with van der Waals surface area (Å²) in [5, 5.41) is 5.52. The fourth-order valence-electron chi connectivity index (χ4n) is 4.31. The first-order valence-corrected chi connectivity index (χ1v) is 9.31. The number of anilines is 2. The molecule has 0 aromatic carbocycles. The van der Waals surface area contributed by atoms with E-state index in [1.807, 2.05) is 17.9 Å². The number of hydrogen-bond acceptors (Lipinski definition) is 5. The van der Waals surface area contributed by atoms with Crippen molar-refractivity contribution >= 4 is 22.8 Å². The first kappa shape index (κ1) is 15.7. The summed E-state index contributed by atoms with van der Waals surface area (Å²) in [6, 6.07) is 0. The molecule has 0 aliphatic carbocycles. The molecule has 2 aliphatic rings. The topological polar surface area (TPSA) is 50.1 Å². The Hall–Kier alpha value is -1.85. The lowest BCUT2D eigenvalue weighted by Crippen LogP contribution is -2.40. The zero-order chi connectivity index (χ0) is 16.7. The molecule has 2 atom stereocenters. The smallest absolute Gasteiger partial charge is 0.229 e. The molecule has 2 aromatic rings. The highest BCUT2D eigenvalue weighted by Crippen LogP contribution is 2.30. The van der Waals surface area contributed by atoms with Gasteiger partial charge in [-0.25, -0.2) is 0 Å². The predicted octanol–water partition coefficient (Wildman–Crippen LogP) is 2.84. The largest absolute Gasteiger partial charge is 0.356 e. The monoisotopic (exact) mass is 328 g/mol. The molecular weight excluding hydrogens is 300 g/mol. The molecule has 0 spiro atoms. The molecule has 4 heterocycles. The molecule has 0 bridgehead atoms. The highest BCUT2D eigenvalue weighted by atomic mass is 15.3. The van der Waals surface area contributed by atoms with Crippen LogP contribution in [-0.2, 0) is 7.05 Å². The summed E-state index contributed by atoms with van der Waals surface area (Å²) in [5.74, 6) is 3.34. The van der Waals surface area contributed by atoms with Gasteiger partial charge in [-0.3, -0.25) is 4.68 Å². The van der Waals surface area contributed by atoms with E-state index in [1.54, 1.807) is 0 Å². The maximum absolute atomic E-state index is 5.02. The minimum atomic E-state index is 0.693. The van der Waals surface area contributed by atoms with Crippen LogP contribution in [0.4, 0.5) is 11.8 Å². The van der Waals surface area contributed by atoms with E-state index in [0.29, 0.717) is 11.8 Å². The number of aromatic nitrogens is 4. The second-order valence-corrected chi connectivity index (χ2v) is 7.75. The van der Waals surface area contributed by atoms with Crippen molar-refractivity contribution in [3.05, 3.63) is 6.20 Å². The van der Waals surface area contributed by atoms with Crippen molar-refractivity contribution in [2.45, 2.75) is 39.5 Å². The van der Waals surface area contributed by atoms with Crippen molar-refractivity contribution in [3.8, 4) is 0 Å². The van der Waals surface area contributed by atoms with Gasteiger partial charge in [0.15, 0.2) is 5.65 Å². The Kier molecular flexibility index (Phi) is 4.06. The van der Waals surface area contributed by atoms with Crippen LogP contribution in [0.2, 0.25) is 0 Å².